The van der Waals surface area contributed by atoms with Crippen LogP contribution in [0.2, 0.25) is 0 Å². The molecule has 1 saturated heterocycles. The van der Waals surface area contributed by atoms with E-state index in [1.807, 2.05) is 30.3 Å². The first-order valence-corrected chi connectivity index (χ1v) is 29.7. The van der Waals surface area contributed by atoms with Crippen molar-refractivity contribution >= 4 is 34.4 Å². The van der Waals surface area contributed by atoms with E-state index in [-0.39, 0.29) is 62.9 Å². The number of anilines is 1. The molecular weight excluding hydrogens is 1010 g/mol. The minimum atomic E-state index is -1.56. The van der Waals surface area contributed by atoms with Gasteiger partial charge in [0.25, 0.3) is 0 Å². The van der Waals surface area contributed by atoms with Crippen molar-refractivity contribution in [2.45, 2.75) is 166 Å². The quantitative estimate of drug-likeness (QED) is 0.0247. The summed E-state index contributed by atoms with van der Waals surface area (Å²) in [5.41, 5.74) is 3.66. The summed E-state index contributed by atoms with van der Waals surface area (Å²) >= 11 is 0. The maximum absolute atomic E-state index is 15.5. The molecule has 0 radical (unpaired) electrons. The Labute approximate surface area is 473 Å². The number of carbonyl (C=O) groups excluding carboxylic acids is 2. The van der Waals surface area contributed by atoms with Crippen molar-refractivity contribution in [3.8, 4) is 23.0 Å². The lowest BCUT2D eigenvalue weighted by Crippen LogP contribution is -2.70. The number of rotatable bonds is 31. The average Bonchev–Trinajstić information content (AvgIpc) is 3.14. The number of aliphatic hydroxyl groups is 2. The minimum absolute atomic E-state index is 0.0274. The number of hydrogen-bond donors (Lipinski definition) is 3. The summed E-state index contributed by atoms with van der Waals surface area (Å²) in [6.07, 6.45) is 20.7. The van der Waals surface area contributed by atoms with Crippen molar-refractivity contribution < 1.29 is 57.8 Å². The number of oxime groups is 1. The molecule has 0 spiro atoms. The Kier molecular flexibility index (Phi) is 23.0. The third kappa shape index (κ3) is 15.1. The number of hydrogen-bond acceptors (Lipinski definition) is 13. The molecule has 4 aromatic rings. The maximum Gasteiger partial charge on any atom is 0.417 e. The summed E-state index contributed by atoms with van der Waals surface area (Å²) < 4.78 is 44.5. The monoisotopic (exact) mass is 1100 g/mol. The number of unbranched alkanes of at least 4 members (excludes halogenated alkanes) is 11. The molecule has 0 aromatic heterocycles. The van der Waals surface area contributed by atoms with Crippen LogP contribution in [0.5, 0.6) is 23.0 Å². The zero-order valence-electron chi connectivity index (χ0n) is 47.6. The van der Waals surface area contributed by atoms with Gasteiger partial charge in [-0.25, -0.2) is 9.59 Å². The Morgan fingerprint density at radius 1 is 0.838 bits per heavy atom. The zero-order chi connectivity index (χ0) is 56.1. The molecule has 2 heterocycles. The summed E-state index contributed by atoms with van der Waals surface area (Å²) in [5, 5.41) is 30.3. The number of methoxy groups -OCH3 is 2. The zero-order valence-corrected chi connectivity index (χ0v) is 47.6. The second kappa shape index (κ2) is 30.6. The van der Waals surface area contributed by atoms with E-state index in [1.54, 1.807) is 42.4 Å². The normalized spacial score (nSPS) is 22.5. The second-order valence-corrected chi connectivity index (χ2v) is 21.8. The first-order valence-electron chi connectivity index (χ1n) is 29.7. The molecule has 2 fully saturated rings. The molecule has 1 saturated carbocycles. The van der Waals surface area contributed by atoms with Crippen LogP contribution in [0.15, 0.2) is 108 Å². The van der Waals surface area contributed by atoms with E-state index in [4.69, 9.17) is 43.2 Å². The van der Waals surface area contributed by atoms with Crippen LogP contribution < -0.4 is 24.3 Å². The van der Waals surface area contributed by atoms with Gasteiger partial charge in [0, 0.05) is 43.6 Å². The van der Waals surface area contributed by atoms with Gasteiger partial charge in [-0.1, -0.05) is 137 Å². The van der Waals surface area contributed by atoms with E-state index in [0.29, 0.717) is 54.5 Å². The van der Waals surface area contributed by atoms with Crippen LogP contribution in [0.1, 0.15) is 152 Å². The Bertz CT molecular complexity index is 2680. The van der Waals surface area contributed by atoms with E-state index in [1.165, 1.54) is 45.6 Å². The van der Waals surface area contributed by atoms with Crippen LogP contribution in [0, 0.1) is 17.8 Å². The molecule has 3 N–H and O–H groups in total. The molecule has 15 nitrogen and oxygen atoms in total. The largest absolute Gasteiger partial charge is 0.497 e. The van der Waals surface area contributed by atoms with Crippen LogP contribution in [0.25, 0.3) is 10.8 Å². The Balaban J connectivity index is 1.24. The summed E-state index contributed by atoms with van der Waals surface area (Å²) in [5.74, 6) is -0.893. The van der Waals surface area contributed by atoms with Gasteiger partial charge in [0.05, 0.1) is 57.9 Å². The van der Waals surface area contributed by atoms with Crippen molar-refractivity contribution in [1.82, 2.24) is 4.90 Å². The van der Waals surface area contributed by atoms with Gasteiger partial charge >= 0.3 is 12.2 Å². The molecule has 2 aliphatic heterocycles. The van der Waals surface area contributed by atoms with Gasteiger partial charge in [0.1, 0.15) is 29.0 Å². The highest BCUT2D eigenvalue weighted by Gasteiger charge is 2.66. The molecule has 4 aromatic carbocycles. The van der Waals surface area contributed by atoms with Crippen LogP contribution in [-0.2, 0) is 25.6 Å². The standard InChI is InChI=1S/C65H87N3O12/c1-5-7-8-9-10-11-12-13-14-22-40-76-64(72)68(45-48-28-24-27-46-25-15-16-29-51(46)48)59-44-56(67-80-60-31-19-23-39-75-60)53-41-47(26-17-20-36-69)52(30-18-21-37-70)61-54-42-50(33-35-57(54)79-65(59,62(53)61)77-38-6-2)78-63(71)66-55-34-32-49(73-3)43-58(55)74-4/h6,15-16,24-25,27-29,32-35,41-43,47,52,59-62,69-70H,2,5,7-14,17-23,26,30-31,36-40,44-45H2,1,3-4H3,(H,66,71)/t47-,52+,59-,60?,61+,62+,65+/m0/s1. The molecule has 434 valence electrons. The predicted molar refractivity (Wildman–Crippen MR) is 312 cm³/mol. The van der Waals surface area contributed by atoms with Gasteiger partial charge in [-0.2, -0.15) is 0 Å². The van der Waals surface area contributed by atoms with E-state index >= 15 is 4.79 Å². The number of ether oxygens (including phenoxy) is 7. The van der Waals surface area contributed by atoms with E-state index in [0.717, 1.165) is 91.7 Å². The number of aliphatic hydroxyl groups excluding tert-OH is 2. The van der Waals surface area contributed by atoms with Gasteiger partial charge in [-0.15, -0.1) is 6.58 Å². The molecule has 15 heteroatoms. The minimum Gasteiger partial charge on any atom is -0.497 e. The highest BCUT2D eigenvalue weighted by Crippen LogP contribution is 2.62. The molecular formula is C65H87N3O12. The lowest BCUT2D eigenvalue weighted by Gasteiger charge is -2.60. The van der Waals surface area contributed by atoms with Gasteiger partial charge < -0.3 is 48.2 Å². The Hall–Kier alpha value is -6.13. The Morgan fingerprint density at radius 2 is 1.59 bits per heavy atom. The first kappa shape index (κ1) is 60.0. The molecule has 1 unspecified atom stereocenters. The second-order valence-electron chi connectivity index (χ2n) is 21.8. The van der Waals surface area contributed by atoms with E-state index in [9.17, 15) is 15.0 Å². The molecule has 8 rings (SSSR count). The summed E-state index contributed by atoms with van der Waals surface area (Å²) in [6, 6.07) is 24.0. The van der Waals surface area contributed by atoms with Crippen molar-refractivity contribution in [3.05, 3.63) is 114 Å². The Morgan fingerprint density at radius 3 is 2.33 bits per heavy atom. The third-order valence-electron chi connectivity index (χ3n) is 16.5. The van der Waals surface area contributed by atoms with E-state index < -0.39 is 36.2 Å². The van der Waals surface area contributed by atoms with E-state index in [2.05, 4.69) is 49.2 Å². The number of nitrogens with zero attached hydrogens (tertiary/aromatic N) is 2. The van der Waals surface area contributed by atoms with Crippen LogP contribution >= 0.6 is 0 Å². The number of allylic oxidation sites excluding steroid dienone is 1. The van der Waals surface area contributed by atoms with Gasteiger partial charge in [0.2, 0.25) is 12.1 Å². The van der Waals surface area contributed by atoms with Crippen molar-refractivity contribution in [1.29, 1.82) is 0 Å². The number of carbonyl (C=O) groups is 2. The predicted octanol–water partition coefficient (Wildman–Crippen LogP) is 14.2. The van der Waals surface area contributed by atoms with Crippen molar-refractivity contribution in [3.63, 3.8) is 0 Å². The lowest BCUT2D eigenvalue weighted by molar-refractivity contribution is -0.256. The highest BCUT2D eigenvalue weighted by atomic mass is 16.8. The van der Waals surface area contributed by atoms with Crippen LogP contribution in [0.3, 0.4) is 0 Å². The van der Waals surface area contributed by atoms with Gasteiger partial charge in [-0.05, 0) is 109 Å². The maximum atomic E-state index is 15.5. The fourth-order valence-electron chi connectivity index (χ4n) is 12.5. The lowest BCUT2D eigenvalue weighted by atomic mass is 9.55. The summed E-state index contributed by atoms with van der Waals surface area (Å²) in [6.45, 7) is 7.55. The smallest absolute Gasteiger partial charge is 0.417 e. The highest BCUT2D eigenvalue weighted by molar-refractivity contribution is 6.03. The van der Waals surface area contributed by atoms with Gasteiger partial charge in [0.15, 0.2) is 0 Å². The summed E-state index contributed by atoms with van der Waals surface area (Å²) in [7, 11) is 3.07. The number of benzene rings is 4. The molecule has 4 aliphatic rings. The molecule has 7 atom stereocenters. The fourth-order valence-corrected chi connectivity index (χ4v) is 12.5. The topological polar surface area (TPSA) is 176 Å². The van der Waals surface area contributed by atoms with Crippen LogP contribution in [-0.4, -0.2) is 98.4 Å². The SMILES string of the molecule is C=CCO[C@@]12Oc3ccc(OC(=O)Nc4ccc(OC)cc4OC)cc3[C@H]3[C@H](CCCCO)[C@@H](CCCCO)C=C(C(=NOC4CCCCO4)C[C@@H]1N(Cc1cccc4ccccc14)C(=O)OCCCCCCCCCCCC)[C@H]32. The summed E-state index contributed by atoms with van der Waals surface area (Å²) in [4.78, 5) is 37.6. The van der Waals surface area contributed by atoms with Gasteiger partial charge in [-0.3, -0.25) is 10.2 Å². The number of nitrogens with one attached hydrogen (secondary N) is 1. The molecule has 2 amide bonds. The van der Waals surface area contributed by atoms with Crippen molar-refractivity contribution in [2.75, 3.05) is 52.6 Å². The number of amides is 2. The molecule has 80 heavy (non-hydrogen) atoms. The number of fused-ring (bicyclic) bond motifs is 3. The molecule has 2 aliphatic carbocycles. The van der Waals surface area contributed by atoms with Crippen molar-refractivity contribution in [2.24, 2.45) is 22.9 Å². The average molecular weight is 1100 g/mol. The molecule has 0 bridgehead atoms. The fraction of sp³-hybridized carbons (Fsp3) is 0.554. The first-order chi connectivity index (χ1) is 39.2. The third-order valence-corrected chi connectivity index (χ3v) is 16.5. The van der Waals surface area contributed by atoms with Crippen LogP contribution in [0.4, 0.5) is 15.3 Å².